The minimum Gasteiger partial charge on any atom is -0.381 e. The number of rotatable bonds is 3. The molecule has 5 nitrogen and oxygen atoms in total. The zero-order valence-electron chi connectivity index (χ0n) is 11.7. The molecule has 0 aromatic heterocycles. The van der Waals surface area contributed by atoms with Crippen LogP contribution in [0.5, 0.6) is 0 Å². The van der Waals surface area contributed by atoms with Crippen molar-refractivity contribution in [3.8, 4) is 6.07 Å². The van der Waals surface area contributed by atoms with Gasteiger partial charge in [0.2, 0.25) is 5.91 Å². The Labute approximate surface area is 114 Å². The van der Waals surface area contributed by atoms with Crippen LogP contribution in [0.15, 0.2) is 0 Å². The topological polar surface area (TPSA) is 65.4 Å². The summed E-state index contributed by atoms with van der Waals surface area (Å²) >= 11 is 0. The van der Waals surface area contributed by atoms with Crippen LogP contribution in [-0.2, 0) is 9.53 Å². The summed E-state index contributed by atoms with van der Waals surface area (Å²) in [5.74, 6) is 0.407. The number of nitrogens with one attached hydrogen (secondary N) is 1. The standard InChI is InChI=1S/C14H23N3O2/c1-17-6-2-3-12(10-17)9-16-13(18)14(11-15)4-7-19-8-5-14/h12H,2-10H2,1H3,(H,16,18). The van der Waals surface area contributed by atoms with Gasteiger partial charge in [-0.1, -0.05) is 0 Å². The number of nitrogens with zero attached hydrogens (tertiary/aromatic N) is 2. The highest BCUT2D eigenvalue weighted by molar-refractivity contribution is 5.85. The first kappa shape index (κ1) is 14.3. The molecule has 0 radical (unpaired) electrons. The number of hydrogen-bond donors (Lipinski definition) is 1. The fourth-order valence-corrected chi connectivity index (χ4v) is 2.96. The van der Waals surface area contributed by atoms with Crippen molar-refractivity contribution < 1.29 is 9.53 Å². The fraction of sp³-hybridized carbons (Fsp3) is 0.857. The van der Waals surface area contributed by atoms with Gasteiger partial charge in [0.1, 0.15) is 5.41 Å². The molecule has 0 bridgehead atoms. The number of piperidine rings is 1. The number of nitriles is 1. The maximum Gasteiger partial charge on any atom is 0.240 e. The highest BCUT2D eigenvalue weighted by Crippen LogP contribution is 2.30. The van der Waals surface area contributed by atoms with E-state index in [0.717, 1.165) is 19.5 Å². The first-order valence-electron chi connectivity index (χ1n) is 7.12. The van der Waals surface area contributed by atoms with E-state index >= 15 is 0 Å². The van der Waals surface area contributed by atoms with Crippen LogP contribution in [0.4, 0.5) is 0 Å². The minimum absolute atomic E-state index is 0.105. The SMILES string of the molecule is CN1CCCC(CNC(=O)C2(C#N)CCOCC2)C1. The molecule has 1 N–H and O–H groups in total. The summed E-state index contributed by atoms with van der Waals surface area (Å²) in [5, 5.41) is 12.3. The Morgan fingerprint density at radius 2 is 2.26 bits per heavy atom. The Bertz CT molecular complexity index is 358. The molecule has 2 fully saturated rings. The maximum absolute atomic E-state index is 12.3. The molecule has 1 unspecified atom stereocenters. The summed E-state index contributed by atoms with van der Waals surface area (Å²) in [4.78, 5) is 14.6. The Morgan fingerprint density at radius 3 is 2.89 bits per heavy atom. The van der Waals surface area contributed by atoms with Crippen molar-refractivity contribution in [2.24, 2.45) is 11.3 Å². The molecule has 2 rings (SSSR count). The minimum atomic E-state index is -0.862. The van der Waals surface area contributed by atoms with Crippen LogP contribution < -0.4 is 5.32 Å². The van der Waals surface area contributed by atoms with E-state index in [1.54, 1.807) is 0 Å². The molecule has 2 heterocycles. The highest BCUT2D eigenvalue weighted by atomic mass is 16.5. The van der Waals surface area contributed by atoms with Gasteiger partial charge in [0, 0.05) is 26.3 Å². The van der Waals surface area contributed by atoms with Gasteiger partial charge >= 0.3 is 0 Å². The summed E-state index contributed by atoms with van der Waals surface area (Å²) in [6, 6.07) is 2.21. The zero-order chi connectivity index (χ0) is 13.7. The Hall–Kier alpha value is -1.12. The van der Waals surface area contributed by atoms with Crippen molar-refractivity contribution in [2.75, 3.05) is 39.9 Å². The summed E-state index contributed by atoms with van der Waals surface area (Å²) in [7, 11) is 2.11. The summed E-state index contributed by atoms with van der Waals surface area (Å²) in [6.07, 6.45) is 3.38. The second-order valence-corrected chi connectivity index (χ2v) is 5.79. The summed E-state index contributed by atoms with van der Waals surface area (Å²) in [5.41, 5.74) is -0.862. The van der Waals surface area contributed by atoms with Crippen LogP contribution in [0.3, 0.4) is 0 Å². The van der Waals surface area contributed by atoms with Crippen molar-refractivity contribution in [1.29, 1.82) is 5.26 Å². The van der Waals surface area contributed by atoms with Gasteiger partial charge in [0.05, 0.1) is 6.07 Å². The Morgan fingerprint density at radius 1 is 1.53 bits per heavy atom. The average molecular weight is 265 g/mol. The molecule has 0 saturated carbocycles. The van der Waals surface area contributed by atoms with E-state index in [1.165, 1.54) is 6.42 Å². The molecule has 1 atom stereocenters. The molecule has 0 spiro atoms. The summed E-state index contributed by atoms with van der Waals surface area (Å²) < 4.78 is 5.25. The monoisotopic (exact) mass is 265 g/mol. The number of amides is 1. The van der Waals surface area contributed by atoms with Gasteiger partial charge in [-0.2, -0.15) is 5.26 Å². The van der Waals surface area contributed by atoms with Crippen LogP contribution >= 0.6 is 0 Å². The van der Waals surface area contributed by atoms with Gasteiger partial charge in [0.25, 0.3) is 0 Å². The lowest BCUT2D eigenvalue weighted by Crippen LogP contribution is -2.46. The van der Waals surface area contributed by atoms with E-state index in [1.807, 2.05) is 0 Å². The third kappa shape index (κ3) is 3.46. The number of likely N-dealkylation sites (tertiary alicyclic amines) is 1. The molecule has 0 aliphatic carbocycles. The van der Waals surface area contributed by atoms with E-state index < -0.39 is 5.41 Å². The molecule has 2 aliphatic heterocycles. The second-order valence-electron chi connectivity index (χ2n) is 5.79. The van der Waals surface area contributed by atoms with Gasteiger partial charge in [0.15, 0.2) is 0 Å². The molecule has 5 heteroatoms. The molecule has 2 aliphatic rings. The number of ether oxygens (including phenoxy) is 1. The number of carbonyl (C=O) groups excluding carboxylic acids is 1. The first-order chi connectivity index (χ1) is 9.16. The fourth-order valence-electron chi connectivity index (χ4n) is 2.96. The van der Waals surface area contributed by atoms with Gasteiger partial charge in [-0.15, -0.1) is 0 Å². The van der Waals surface area contributed by atoms with Crippen LogP contribution in [0.25, 0.3) is 0 Å². The molecule has 2 saturated heterocycles. The molecule has 1 amide bonds. The van der Waals surface area contributed by atoms with E-state index in [0.29, 0.717) is 38.5 Å². The maximum atomic E-state index is 12.3. The van der Waals surface area contributed by atoms with Crippen LogP contribution in [0.1, 0.15) is 25.7 Å². The van der Waals surface area contributed by atoms with E-state index in [-0.39, 0.29) is 5.91 Å². The first-order valence-corrected chi connectivity index (χ1v) is 7.12. The number of hydrogen-bond acceptors (Lipinski definition) is 4. The molecule has 0 aromatic rings. The zero-order valence-corrected chi connectivity index (χ0v) is 11.7. The summed E-state index contributed by atoms with van der Waals surface area (Å²) in [6.45, 7) is 3.88. The average Bonchev–Trinajstić information content (AvgIpc) is 2.45. The molecule has 19 heavy (non-hydrogen) atoms. The molecule has 106 valence electrons. The third-order valence-corrected chi connectivity index (χ3v) is 4.27. The third-order valence-electron chi connectivity index (χ3n) is 4.27. The van der Waals surface area contributed by atoms with Crippen LogP contribution in [-0.4, -0.2) is 50.7 Å². The Balaban J connectivity index is 1.84. The van der Waals surface area contributed by atoms with E-state index in [4.69, 9.17) is 4.74 Å². The lowest BCUT2D eigenvalue weighted by molar-refractivity contribution is -0.132. The normalized spacial score (nSPS) is 27.5. The van der Waals surface area contributed by atoms with Gasteiger partial charge in [-0.25, -0.2) is 0 Å². The van der Waals surface area contributed by atoms with Gasteiger partial charge in [-0.05, 0) is 45.2 Å². The second kappa shape index (κ2) is 6.36. The smallest absolute Gasteiger partial charge is 0.240 e. The number of carbonyl (C=O) groups is 1. The molecular formula is C14H23N3O2. The van der Waals surface area contributed by atoms with Crippen molar-refractivity contribution in [3.63, 3.8) is 0 Å². The Kier molecular flexibility index (Phi) is 4.78. The lowest BCUT2D eigenvalue weighted by Gasteiger charge is -2.32. The van der Waals surface area contributed by atoms with Crippen LogP contribution in [0.2, 0.25) is 0 Å². The molecular weight excluding hydrogens is 242 g/mol. The van der Waals surface area contributed by atoms with E-state index in [2.05, 4.69) is 23.3 Å². The predicted octanol–water partition coefficient (Wildman–Crippen LogP) is 0.765. The van der Waals surface area contributed by atoms with Crippen molar-refractivity contribution in [3.05, 3.63) is 0 Å². The quantitative estimate of drug-likeness (QED) is 0.818. The van der Waals surface area contributed by atoms with Gasteiger partial charge in [-0.3, -0.25) is 4.79 Å². The molecule has 0 aromatic carbocycles. The largest absolute Gasteiger partial charge is 0.381 e. The van der Waals surface area contributed by atoms with Crippen molar-refractivity contribution in [1.82, 2.24) is 10.2 Å². The van der Waals surface area contributed by atoms with Crippen molar-refractivity contribution in [2.45, 2.75) is 25.7 Å². The lowest BCUT2D eigenvalue weighted by atomic mass is 9.80. The van der Waals surface area contributed by atoms with E-state index in [9.17, 15) is 10.1 Å². The van der Waals surface area contributed by atoms with Crippen LogP contribution in [0, 0.1) is 22.7 Å². The highest BCUT2D eigenvalue weighted by Gasteiger charge is 2.40. The van der Waals surface area contributed by atoms with Gasteiger partial charge < -0.3 is 15.0 Å². The van der Waals surface area contributed by atoms with Crippen molar-refractivity contribution >= 4 is 5.91 Å². The predicted molar refractivity (Wildman–Crippen MR) is 71.3 cm³/mol.